The Morgan fingerprint density at radius 2 is 2.11 bits per heavy atom. The third-order valence-electron chi connectivity index (χ3n) is 2.08. The summed E-state index contributed by atoms with van der Waals surface area (Å²) >= 11 is 1.09. The molecule has 0 aliphatic carbocycles. The van der Waals surface area contributed by atoms with Crippen molar-refractivity contribution in [1.82, 2.24) is 5.32 Å². The van der Waals surface area contributed by atoms with Crippen LogP contribution < -0.4 is 10.1 Å². The molecule has 19 heavy (non-hydrogen) atoms. The highest BCUT2D eigenvalue weighted by molar-refractivity contribution is 7.14. The van der Waals surface area contributed by atoms with Gasteiger partial charge in [0.15, 0.2) is 11.5 Å². The summed E-state index contributed by atoms with van der Waals surface area (Å²) < 4.78 is 9.34. The van der Waals surface area contributed by atoms with Crippen molar-refractivity contribution in [2.45, 2.75) is 13.3 Å². The number of hydrogen-bond acceptors (Lipinski definition) is 6. The van der Waals surface area contributed by atoms with Crippen LogP contribution in [0.4, 0.5) is 4.79 Å². The number of amides is 2. The van der Waals surface area contributed by atoms with E-state index < -0.39 is 24.6 Å². The smallest absolute Gasteiger partial charge is 0.413 e. The second-order valence-electron chi connectivity index (χ2n) is 3.39. The SMILES string of the molecule is CCc1cc(OCC(=O)NC(=O)OC)c(C(=O)O)s1. The van der Waals surface area contributed by atoms with E-state index in [1.165, 1.54) is 0 Å². The third-order valence-corrected chi connectivity index (χ3v) is 3.33. The van der Waals surface area contributed by atoms with Gasteiger partial charge < -0.3 is 14.6 Å². The molecule has 0 spiro atoms. The van der Waals surface area contributed by atoms with Gasteiger partial charge in [0.1, 0.15) is 5.75 Å². The number of methoxy groups -OCH3 is 1. The maximum Gasteiger partial charge on any atom is 0.413 e. The lowest BCUT2D eigenvalue weighted by Gasteiger charge is -2.05. The normalized spacial score (nSPS) is 9.79. The van der Waals surface area contributed by atoms with Crippen LogP contribution in [0.3, 0.4) is 0 Å². The monoisotopic (exact) mass is 287 g/mol. The number of hydrogen-bond donors (Lipinski definition) is 2. The fraction of sp³-hybridized carbons (Fsp3) is 0.364. The Labute approximate surface area is 113 Å². The maximum absolute atomic E-state index is 11.3. The lowest BCUT2D eigenvalue weighted by atomic mass is 10.3. The highest BCUT2D eigenvalue weighted by atomic mass is 32.1. The van der Waals surface area contributed by atoms with Gasteiger partial charge in [0.2, 0.25) is 0 Å². The number of carbonyl (C=O) groups is 3. The Bertz CT molecular complexity index is 495. The minimum absolute atomic E-state index is 0.0303. The Hall–Kier alpha value is -2.09. The van der Waals surface area contributed by atoms with E-state index in [1.54, 1.807) is 6.07 Å². The first kappa shape index (κ1) is 15.0. The number of thiophene rings is 1. The van der Waals surface area contributed by atoms with Gasteiger partial charge in [-0.15, -0.1) is 11.3 Å². The van der Waals surface area contributed by atoms with Gasteiger partial charge in [-0.3, -0.25) is 10.1 Å². The van der Waals surface area contributed by atoms with Crippen molar-refractivity contribution in [3.8, 4) is 5.75 Å². The van der Waals surface area contributed by atoms with Crippen LogP contribution in [0.15, 0.2) is 6.07 Å². The molecule has 0 saturated carbocycles. The van der Waals surface area contributed by atoms with Crippen LogP contribution in [0.25, 0.3) is 0 Å². The van der Waals surface area contributed by atoms with E-state index in [-0.39, 0.29) is 10.6 Å². The number of carboxylic acid groups (broad SMARTS) is 1. The summed E-state index contributed by atoms with van der Waals surface area (Å²) in [5.74, 6) is -1.71. The van der Waals surface area contributed by atoms with E-state index in [2.05, 4.69) is 4.74 Å². The summed E-state index contributed by atoms with van der Waals surface area (Å²) in [7, 11) is 1.12. The number of ether oxygens (including phenoxy) is 2. The second kappa shape index (κ2) is 6.74. The van der Waals surface area contributed by atoms with Gasteiger partial charge in [0, 0.05) is 4.88 Å². The predicted molar refractivity (Wildman–Crippen MR) is 66.7 cm³/mol. The summed E-state index contributed by atoms with van der Waals surface area (Å²) in [6.07, 6.45) is -0.227. The zero-order valence-electron chi connectivity index (χ0n) is 10.4. The molecule has 2 amide bonds. The van der Waals surface area contributed by atoms with Crippen molar-refractivity contribution < 1.29 is 29.0 Å². The largest absolute Gasteiger partial charge is 0.482 e. The van der Waals surface area contributed by atoms with Crippen molar-refractivity contribution in [3.63, 3.8) is 0 Å². The Morgan fingerprint density at radius 1 is 1.42 bits per heavy atom. The molecule has 0 radical (unpaired) electrons. The maximum atomic E-state index is 11.3. The number of imide groups is 1. The van der Waals surface area contributed by atoms with E-state index in [9.17, 15) is 14.4 Å². The van der Waals surface area contributed by atoms with Crippen LogP contribution in [0, 0.1) is 0 Å². The molecule has 7 nitrogen and oxygen atoms in total. The first-order valence-electron chi connectivity index (χ1n) is 5.34. The van der Waals surface area contributed by atoms with Crippen molar-refractivity contribution in [2.24, 2.45) is 0 Å². The van der Waals surface area contributed by atoms with Gasteiger partial charge in [-0.05, 0) is 12.5 Å². The molecule has 0 bridgehead atoms. The lowest BCUT2D eigenvalue weighted by Crippen LogP contribution is -2.34. The minimum Gasteiger partial charge on any atom is -0.482 e. The zero-order chi connectivity index (χ0) is 14.4. The molecule has 0 fully saturated rings. The van der Waals surface area contributed by atoms with Gasteiger partial charge in [-0.1, -0.05) is 6.92 Å². The molecule has 0 unspecified atom stereocenters. The number of alkyl carbamates (subject to hydrolysis) is 1. The number of aryl methyl sites for hydroxylation is 1. The first-order valence-corrected chi connectivity index (χ1v) is 6.16. The number of carboxylic acids is 1. The fourth-order valence-electron chi connectivity index (χ4n) is 1.20. The van der Waals surface area contributed by atoms with Crippen LogP contribution in [0.2, 0.25) is 0 Å². The Kier molecular flexibility index (Phi) is 5.31. The summed E-state index contributed by atoms with van der Waals surface area (Å²) in [5, 5.41) is 10.9. The number of nitrogens with one attached hydrogen (secondary N) is 1. The van der Waals surface area contributed by atoms with Crippen molar-refractivity contribution in [3.05, 3.63) is 15.8 Å². The molecule has 104 valence electrons. The molecule has 0 saturated heterocycles. The molecule has 2 N–H and O–H groups in total. The third kappa shape index (κ3) is 4.25. The van der Waals surface area contributed by atoms with Crippen molar-refractivity contribution in [1.29, 1.82) is 0 Å². The van der Waals surface area contributed by atoms with Gasteiger partial charge >= 0.3 is 12.1 Å². The highest BCUT2D eigenvalue weighted by Crippen LogP contribution is 2.29. The summed E-state index contributed by atoms with van der Waals surface area (Å²) in [4.78, 5) is 33.9. The molecule has 0 atom stereocenters. The fourth-order valence-corrected chi connectivity index (χ4v) is 2.08. The van der Waals surface area contributed by atoms with E-state index in [0.717, 1.165) is 23.3 Å². The molecular formula is C11H13NO6S. The van der Waals surface area contributed by atoms with E-state index >= 15 is 0 Å². The van der Waals surface area contributed by atoms with Crippen molar-refractivity contribution in [2.75, 3.05) is 13.7 Å². The van der Waals surface area contributed by atoms with E-state index in [0.29, 0.717) is 6.42 Å². The van der Waals surface area contributed by atoms with Gasteiger partial charge in [0.05, 0.1) is 7.11 Å². The number of rotatable bonds is 5. The number of carbonyl (C=O) groups excluding carboxylic acids is 2. The average Bonchev–Trinajstić information content (AvgIpc) is 2.79. The highest BCUT2D eigenvalue weighted by Gasteiger charge is 2.17. The standard InChI is InChI=1S/C11H13NO6S/c1-3-6-4-7(9(19-6)10(14)15)18-5-8(13)12-11(16)17-2/h4H,3,5H2,1-2H3,(H,14,15)(H,12,13,16). The number of aromatic carboxylic acids is 1. The minimum atomic E-state index is -1.12. The van der Waals surface area contributed by atoms with Gasteiger partial charge in [0.25, 0.3) is 5.91 Å². The second-order valence-corrected chi connectivity index (χ2v) is 4.53. The molecular weight excluding hydrogens is 274 g/mol. The molecule has 1 aromatic heterocycles. The molecule has 8 heteroatoms. The van der Waals surface area contributed by atoms with Crippen LogP contribution >= 0.6 is 11.3 Å². The van der Waals surface area contributed by atoms with E-state index in [4.69, 9.17) is 9.84 Å². The Balaban J connectivity index is 2.66. The summed E-state index contributed by atoms with van der Waals surface area (Å²) in [6, 6.07) is 1.57. The molecule has 1 heterocycles. The predicted octanol–water partition coefficient (Wildman–Crippen LogP) is 1.27. The lowest BCUT2D eigenvalue weighted by molar-refractivity contribution is -0.122. The average molecular weight is 287 g/mol. The van der Waals surface area contributed by atoms with Crippen LogP contribution in [0.5, 0.6) is 5.75 Å². The van der Waals surface area contributed by atoms with Crippen molar-refractivity contribution >= 4 is 29.3 Å². The van der Waals surface area contributed by atoms with Gasteiger partial charge in [-0.25, -0.2) is 9.59 Å². The quantitative estimate of drug-likeness (QED) is 0.845. The topological polar surface area (TPSA) is 102 Å². The molecule has 0 aliphatic rings. The molecule has 0 aromatic carbocycles. The summed E-state index contributed by atoms with van der Waals surface area (Å²) in [6.45, 7) is 1.42. The van der Waals surface area contributed by atoms with Crippen LogP contribution in [-0.2, 0) is 16.0 Å². The van der Waals surface area contributed by atoms with Gasteiger partial charge in [-0.2, -0.15) is 0 Å². The molecule has 0 aliphatic heterocycles. The van der Waals surface area contributed by atoms with E-state index in [1.807, 2.05) is 12.2 Å². The first-order chi connectivity index (χ1) is 8.97. The molecule has 1 rings (SSSR count). The van der Waals surface area contributed by atoms with Crippen LogP contribution in [0.1, 0.15) is 21.5 Å². The molecule has 1 aromatic rings. The van der Waals surface area contributed by atoms with Crippen LogP contribution in [-0.4, -0.2) is 36.8 Å². The Morgan fingerprint density at radius 3 is 2.63 bits per heavy atom. The summed E-state index contributed by atoms with van der Waals surface area (Å²) in [5.41, 5.74) is 0. The zero-order valence-corrected chi connectivity index (χ0v) is 11.2.